The van der Waals surface area contributed by atoms with E-state index in [-0.39, 0.29) is 0 Å². The fourth-order valence-electron chi connectivity index (χ4n) is 0.304. The van der Waals surface area contributed by atoms with Crippen LogP contribution in [0.3, 0.4) is 0 Å². The molecule has 0 fully saturated rings. The van der Waals surface area contributed by atoms with Crippen molar-refractivity contribution in [2.75, 3.05) is 0 Å². The van der Waals surface area contributed by atoms with Gasteiger partial charge in [-0.1, -0.05) is 0 Å². The van der Waals surface area contributed by atoms with Crippen molar-refractivity contribution in [2.24, 2.45) is 0 Å². The van der Waals surface area contributed by atoms with Gasteiger partial charge in [0.2, 0.25) is 0 Å². The third-order valence-corrected chi connectivity index (χ3v) is 0.554. The van der Waals surface area contributed by atoms with Crippen LogP contribution in [0.4, 0.5) is 0 Å². The Morgan fingerprint density at radius 2 is 2.33 bits per heavy atom. The topological polar surface area (TPSA) is 14.1 Å². The second-order valence-corrected chi connectivity index (χ2v) is 1.01. The first-order valence-corrected chi connectivity index (χ1v) is 1.83. The molecule has 0 aliphatic carbocycles. The van der Waals surface area contributed by atoms with Gasteiger partial charge in [-0.25, -0.2) is 4.98 Å². The largest absolute Gasteiger partial charge is 0.275 e. The number of rotatable bonds is 0. The predicted molar refractivity (Wildman–Crippen MR) is 21.8 cm³/mol. The maximum atomic E-state index is 2.77. The van der Waals surface area contributed by atoms with E-state index in [2.05, 4.69) is 11.2 Å². The third kappa shape index (κ3) is 0.549. The van der Waals surface area contributed by atoms with Crippen LogP contribution in [0.5, 0.6) is 0 Å². The van der Waals surface area contributed by atoms with Crippen LogP contribution in [0.2, 0.25) is 0 Å². The van der Waals surface area contributed by atoms with Gasteiger partial charge in [0.05, 0.1) is 0 Å². The molecule has 1 aromatic heterocycles. The second kappa shape index (κ2) is 1.55. The summed E-state index contributed by atoms with van der Waals surface area (Å²) in [6.07, 6.45) is 4.59. The number of nitrogens with one attached hydrogen (secondary N) is 1. The van der Waals surface area contributed by atoms with E-state index in [9.17, 15) is 0 Å². The molecule has 1 aromatic rings. The molecule has 1 N–H and O–H groups in total. The van der Waals surface area contributed by atoms with Gasteiger partial charge in [-0.15, -0.1) is 0 Å². The van der Waals surface area contributed by atoms with Crippen LogP contribution in [0, 0.1) is 6.20 Å². The molecular formula is C5H5N+. The highest BCUT2D eigenvalue weighted by Crippen LogP contribution is 1.67. The Hall–Kier alpha value is -0.850. The summed E-state index contributed by atoms with van der Waals surface area (Å²) in [7, 11) is 0. The standard InChI is InChI=1S/C5H5N/c1-2-4-6-5-3-1/h1-4,6H/q+1. The lowest BCUT2D eigenvalue weighted by Gasteiger charge is -1.61. The minimum atomic E-state index is 1.82. The third-order valence-electron chi connectivity index (χ3n) is 0.554. The Kier molecular flexibility index (Phi) is 0.865. The fraction of sp³-hybridized carbons (Fsp3) is 0. The zero-order valence-electron chi connectivity index (χ0n) is 3.31. The van der Waals surface area contributed by atoms with Gasteiger partial charge in [-0.2, -0.15) is 0 Å². The van der Waals surface area contributed by atoms with E-state index in [1.54, 1.807) is 0 Å². The summed E-state index contributed by atoms with van der Waals surface area (Å²) in [5.74, 6) is 0. The summed E-state index contributed by atoms with van der Waals surface area (Å²) >= 11 is 0. The van der Waals surface area contributed by atoms with Crippen molar-refractivity contribution in [1.82, 2.24) is 0 Å². The van der Waals surface area contributed by atoms with Crippen LogP contribution in [0.15, 0.2) is 24.4 Å². The summed E-state index contributed by atoms with van der Waals surface area (Å²) in [5, 5.41) is 0. The van der Waals surface area contributed by atoms with Gasteiger partial charge >= 0.3 is 0 Å². The van der Waals surface area contributed by atoms with Crippen molar-refractivity contribution in [3.05, 3.63) is 30.6 Å². The van der Waals surface area contributed by atoms with Crippen LogP contribution in [-0.4, -0.2) is 0 Å². The molecule has 0 aliphatic heterocycles. The van der Waals surface area contributed by atoms with Crippen LogP contribution in [-0.2, 0) is 0 Å². The summed E-state index contributed by atoms with van der Waals surface area (Å²) in [6.45, 7) is 0. The zero-order valence-corrected chi connectivity index (χ0v) is 3.31. The Morgan fingerprint density at radius 1 is 1.33 bits per heavy atom. The lowest BCUT2D eigenvalue weighted by molar-refractivity contribution is -0.383. The Labute approximate surface area is 36.7 Å². The molecule has 0 aliphatic rings. The number of H-pyrrole nitrogens is 1. The van der Waals surface area contributed by atoms with E-state index >= 15 is 0 Å². The van der Waals surface area contributed by atoms with Crippen molar-refractivity contribution in [3.63, 3.8) is 0 Å². The molecule has 0 saturated carbocycles. The molecule has 0 atom stereocenters. The minimum absolute atomic E-state index is 1.82. The van der Waals surface area contributed by atoms with Crippen LogP contribution in [0.25, 0.3) is 0 Å². The summed E-state index contributed by atoms with van der Waals surface area (Å²) in [5.41, 5.74) is 0. The Morgan fingerprint density at radius 3 is 2.50 bits per heavy atom. The molecule has 29 valence electrons. The molecule has 1 radical (unpaired) electrons. The van der Waals surface area contributed by atoms with E-state index in [1.807, 2.05) is 24.4 Å². The van der Waals surface area contributed by atoms with Crippen molar-refractivity contribution < 1.29 is 4.98 Å². The minimum Gasteiger partial charge on any atom is -0.206 e. The molecule has 0 aromatic carbocycles. The van der Waals surface area contributed by atoms with Crippen molar-refractivity contribution in [3.8, 4) is 0 Å². The van der Waals surface area contributed by atoms with E-state index in [0.717, 1.165) is 0 Å². The Balaban J connectivity index is 3.00. The van der Waals surface area contributed by atoms with E-state index in [1.165, 1.54) is 0 Å². The number of hydrogen-bond acceptors (Lipinski definition) is 0. The molecule has 0 amide bonds. The monoisotopic (exact) mass is 79.0 g/mol. The second-order valence-electron chi connectivity index (χ2n) is 1.01. The molecule has 1 nitrogen and oxygen atoms in total. The summed E-state index contributed by atoms with van der Waals surface area (Å²) in [4.78, 5) is 2.77. The fourth-order valence-corrected chi connectivity index (χ4v) is 0.304. The maximum Gasteiger partial charge on any atom is 0.275 e. The molecule has 1 rings (SSSR count). The van der Waals surface area contributed by atoms with Gasteiger partial charge in [0.1, 0.15) is 0 Å². The smallest absolute Gasteiger partial charge is 0.206 e. The van der Waals surface area contributed by atoms with Gasteiger partial charge < -0.3 is 0 Å². The number of hydrogen-bond donors (Lipinski definition) is 0. The highest BCUT2D eigenvalue weighted by atomic mass is 14.6. The molecule has 0 unspecified atom stereocenters. The van der Waals surface area contributed by atoms with Crippen LogP contribution >= 0.6 is 0 Å². The maximum absolute atomic E-state index is 2.77. The van der Waals surface area contributed by atoms with Crippen molar-refractivity contribution in [1.29, 1.82) is 0 Å². The number of aromatic nitrogens is 1. The van der Waals surface area contributed by atoms with Crippen molar-refractivity contribution in [2.45, 2.75) is 0 Å². The van der Waals surface area contributed by atoms with Crippen LogP contribution < -0.4 is 4.98 Å². The quantitative estimate of drug-likeness (QED) is 0.424. The summed E-state index contributed by atoms with van der Waals surface area (Å²) < 4.78 is 0. The van der Waals surface area contributed by atoms with Gasteiger partial charge in [0.25, 0.3) is 6.20 Å². The average Bonchev–Trinajstić information content (AvgIpc) is 1.72. The van der Waals surface area contributed by atoms with Gasteiger partial charge in [0.15, 0.2) is 6.20 Å². The zero-order chi connectivity index (χ0) is 4.24. The SMILES string of the molecule is [c]1cccc[nH+]1. The van der Waals surface area contributed by atoms with Gasteiger partial charge in [0, 0.05) is 12.1 Å². The normalized spacial score (nSPS) is 8.00. The Bertz CT molecular complexity index is 75.9. The van der Waals surface area contributed by atoms with Crippen molar-refractivity contribution >= 4 is 0 Å². The average molecular weight is 79.1 g/mol. The molecule has 1 heterocycles. The molecule has 1 heteroatoms. The van der Waals surface area contributed by atoms with Gasteiger partial charge in [-0.05, 0) is 6.07 Å². The summed E-state index contributed by atoms with van der Waals surface area (Å²) in [6, 6.07) is 5.65. The van der Waals surface area contributed by atoms with Crippen LogP contribution in [0.1, 0.15) is 0 Å². The lowest BCUT2D eigenvalue weighted by Crippen LogP contribution is -1.95. The van der Waals surface area contributed by atoms with Gasteiger partial charge in [-0.3, -0.25) is 0 Å². The number of pyridine rings is 1. The lowest BCUT2D eigenvalue weighted by atomic mass is 10.5. The first-order chi connectivity index (χ1) is 3.00. The molecular weight excluding hydrogens is 74.1 g/mol. The molecule has 0 spiro atoms. The number of aromatic amines is 1. The van der Waals surface area contributed by atoms with E-state index in [4.69, 9.17) is 0 Å². The first kappa shape index (κ1) is 3.34. The van der Waals surface area contributed by atoms with E-state index in [0.29, 0.717) is 0 Å². The van der Waals surface area contributed by atoms with E-state index < -0.39 is 0 Å². The molecule has 6 heavy (non-hydrogen) atoms. The highest BCUT2D eigenvalue weighted by molar-refractivity contribution is 4.81. The molecule has 0 bridgehead atoms. The predicted octanol–water partition coefficient (Wildman–Crippen LogP) is 0.301. The molecule has 0 saturated heterocycles. The highest BCUT2D eigenvalue weighted by Gasteiger charge is 1.68. The first-order valence-electron chi connectivity index (χ1n) is 1.83.